The van der Waals surface area contributed by atoms with Gasteiger partial charge in [0.15, 0.2) is 0 Å². The van der Waals surface area contributed by atoms with Crippen molar-refractivity contribution in [3.63, 3.8) is 0 Å². The van der Waals surface area contributed by atoms with E-state index in [4.69, 9.17) is 4.74 Å². The SMILES string of the molecule is COc1ccc(N2CC3(CN(C(=O)C4CC(=O)N(c5ccc(F)cc5F)C4)C3)C2)cc1. The smallest absolute Gasteiger partial charge is 0.228 e. The summed E-state index contributed by atoms with van der Waals surface area (Å²) in [7, 11) is 1.64. The summed E-state index contributed by atoms with van der Waals surface area (Å²) in [6, 6.07) is 11.0. The largest absolute Gasteiger partial charge is 0.497 e. The first-order valence-corrected chi connectivity index (χ1v) is 10.3. The summed E-state index contributed by atoms with van der Waals surface area (Å²) >= 11 is 0. The number of nitrogens with zero attached hydrogens (tertiary/aromatic N) is 3. The second-order valence-corrected chi connectivity index (χ2v) is 8.75. The quantitative estimate of drug-likeness (QED) is 0.753. The Kier molecular flexibility index (Phi) is 4.60. The number of benzene rings is 2. The van der Waals surface area contributed by atoms with Crippen LogP contribution in [-0.4, -0.2) is 56.5 Å². The number of halogens is 2. The zero-order chi connectivity index (χ0) is 21.8. The van der Waals surface area contributed by atoms with Crippen molar-refractivity contribution >= 4 is 23.2 Å². The van der Waals surface area contributed by atoms with E-state index in [0.717, 1.165) is 36.7 Å². The van der Waals surface area contributed by atoms with Crippen molar-refractivity contribution in [2.45, 2.75) is 6.42 Å². The molecule has 2 amide bonds. The summed E-state index contributed by atoms with van der Waals surface area (Å²) in [5.41, 5.74) is 1.27. The molecular weight excluding hydrogens is 404 g/mol. The first-order valence-electron chi connectivity index (χ1n) is 10.3. The molecule has 8 heteroatoms. The molecule has 31 heavy (non-hydrogen) atoms. The standard InChI is InChI=1S/C23H23F2N3O3/c1-31-18-5-3-17(4-6-18)26-11-23(12-26)13-27(14-23)22(30)15-8-21(29)28(10-15)20-7-2-16(24)9-19(20)25/h2-7,9,15H,8,10-14H2,1H3. The topological polar surface area (TPSA) is 53.1 Å². The summed E-state index contributed by atoms with van der Waals surface area (Å²) in [5, 5.41) is 0. The molecule has 3 aliphatic heterocycles. The number of rotatable bonds is 4. The monoisotopic (exact) mass is 427 g/mol. The van der Waals surface area contributed by atoms with Gasteiger partial charge in [0.1, 0.15) is 17.4 Å². The molecule has 1 unspecified atom stereocenters. The maximum absolute atomic E-state index is 14.1. The fraction of sp³-hybridized carbons (Fsp3) is 0.391. The highest BCUT2D eigenvalue weighted by atomic mass is 19.1. The van der Waals surface area contributed by atoms with Crippen molar-refractivity contribution in [1.82, 2.24) is 4.90 Å². The lowest BCUT2D eigenvalue weighted by Crippen LogP contribution is -2.73. The minimum atomic E-state index is -0.794. The molecule has 6 nitrogen and oxygen atoms in total. The van der Waals surface area contributed by atoms with Crippen LogP contribution in [0.4, 0.5) is 20.2 Å². The Hall–Kier alpha value is -3.16. The zero-order valence-corrected chi connectivity index (χ0v) is 17.2. The number of carbonyl (C=O) groups excluding carboxylic acids is 2. The second kappa shape index (κ2) is 7.21. The van der Waals surface area contributed by atoms with Crippen LogP contribution < -0.4 is 14.5 Å². The van der Waals surface area contributed by atoms with Crippen LogP contribution >= 0.6 is 0 Å². The molecule has 0 aromatic heterocycles. The van der Waals surface area contributed by atoms with Crippen LogP contribution in [0.3, 0.4) is 0 Å². The molecular formula is C23H23F2N3O3. The highest BCUT2D eigenvalue weighted by molar-refractivity contribution is 6.00. The number of hydrogen-bond acceptors (Lipinski definition) is 4. The lowest BCUT2D eigenvalue weighted by molar-refractivity contribution is -0.149. The van der Waals surface area contributed by atoms with Crippen LogP contribution in [0.5, 0.6) is 5.75 Å². The van der Waals surface area contributed by atoms with Gasteiger partial charge < -0.3 is 19.4 Å². The lowest BCUT2D eigenvalue weighted by Gasteiger charge is -2.61. The van der Waals surface area contributed by atoms with E-state index in [-0.39, 0.29) is 35.9 Å². The van der Waals surface area contributed by atoms with Crippen molar-refractivity contribution in [1.29, 1.82) is 0 Å². The van der Waals surface area contributed by atoms with Gasteiger partial charge in [-0.1, -0.05) is 0 Å². The highest BCUT2D eigenvalue weighted by Gasteiger charge is 2.54. The first kappa shape index (κ1) is 19.8. The van der Waals surface area contributed by atoms with Crippen LogP contribution in [0, 0.1) is 23.0 Å². The van der Waals surface area contributed by atoms with Crippen molar-refractivity contribution in [2.75, 3.05) is 49.6 Å². The maximum Gasteiger partial charge on any atom is 0.228 e. The van der Waals surface area contributed by atoms with E-state index in [1.54, 1.807) is 12.0 Å². The molecule has 0 radical (unpaired) electrons. The molecule has 5 rings (SSSR count). The first-order chi connectivity index (χ1) is 14.9. The Balaban J connectivity index is 1.16. The van der Waals surface area contributed by atoms with E-state index in [9.17, 15) is 18.4 Å². The normalized spacial score (nSPS) is 21.8. The average Bonchev–Trinajstić information content (AvgIpc) is 3.07. The van der Waals surface area contributed by atoms with Crippen molar-refractivity contribution in [3.05, 3.63) is 54.1 Å². The van der Waals surface area contributed by atoms with E-state index in [2.05, 4.69) is 4.90 Å². The molecule has 0 N–H and O–H groups in total. The van der Waals surface area contributed by atoms with Gasteiger partial charge in [-0.15, -0.1) is 0 Å². The van der Waals surface area contributed by atoms with Gasteiger partial charge in [-0.2, -0.15) is 0 Å². The maximum atomic E-state index is 14.1. The molecule has 1 atom stereocenters. The number of amides is 2. The second-order valence-electron chi connectivity index (χ2n) is 8.75. The Morgan fingerprint density at radius 1 is 1.06 bits per heavy atom. The van der Waals surface area contributed by atoms with E-state index >= 15 is 0 Å². The van der Waals surface area contributed by atoms with Gasteiger partial charge in [0.05, 0.1) is 18.7 Å². The van der Waals surface area contributed by atoms with Crippen LogP contribution in [0.15, 0.2) is 42.5 Å². The number of anilines is 2. The predicted molar refractivity (Wildman–Crippen MR) is 111 cm³/mol. The third kappa shape index (κ3) is 3.40. The van der Waals surface area contributed by atoms with Gasteiger partial charge in [-0.05, 0) is 36.4 Å². The van der Waals surface area contributed by atoms with Gasteiger partial charge in [0.2, 0.25) is 11.8 Å². The zero-order valence-electron chi connectivity index (χ0n) is 17.2. The third-order valence-electron chi connectivity index (χ3n) is 6.53. The lowest BCUT2D eigenvalue weighted by atomic mass is 9.72. The number of likely N-dealkylation sites (tertiary alicyclic amines) is 1. The number of hydrogen-bond donors (Lipinski definition) is 0. The molecule has 3 saturated heterocycles. The fourth-order valence-corrected chi connectivity index (χ4v) is 4.92. The van der Waals surface area contributed by atoms with Crippen LogP contribution in [0.2, 0.25) is 0 Å². The molecule has 0 aliphatic carbocycles. The molecule has 3 aliphatic rings. The predicted octanol–water partition coefficient (Wildman–Crippen LogP) is 2.68. The van der Waals surface area contributed by atoms with Gasteiger partial charge in [-0.3, -0.25) is 9.59 Å². The Labute approximate surface area is 179 Å². The summed E-state index contributed by atoms with van der Waals surface area (Å²) < 4.78 is 32.4. The van der Waals surface area contributed by atoms with Crippen LogP contribution in [0.1, 0.15) is 6.42 Å². The molecule has 0 saturated carbocycles. The van der Waals surface area contributed by atoms with Crippen LogP contribution in [-0.2, 0) is 9.59 Å². The summed E-state index contributed by atoms with van der Waals surface area (Å²) in [6.07, 6.45) is 0.0527. The van der Waals surface area contributed by atoms with Crippen molar-refractivity contribution in [3.8, 4) is 5.75 Å². The minimum Gasteiger partial charge on any atom is -0.497 e. The van der Waals surface area contributed by atoms with Crippen molar-refractivity contribution < 1.29 is 23.1 Å². The number of methoxy groups -OCH3 is 1. The Morgan fingerprint density at radius 3 is 2.42 bits per heavy atom. The summed E-state index contributed by atoms with van der Waals surface area (Å²) in [4.78, 5) is 30.6. The van der Waals surface area contributed by atoms with Gasteiger partial charge in [-0.25, -0.2) is 8.78 Å². The highest BCUT2D eigenvalue weighted by Crippen LogP contribution is 2.43. The third-order valence-corrected chi connectivity index (χ3v) is 6.53. The molecule has 2 aromatic rings. The molecule has 2 aromatic carbocycles. The van der Waals surface area contributed by atoms with E-state index in [1.807, 2.05) is 24.3 Å². The molecule has 3 heterocycles. The molecule has 1 spiro atoms. The van der Waals surface area contributed by atoms with E-state index in [1.165, 1.54) is 11.0 Å². The molecule has 162 valence electrons. The number of ether oxygens (including phenoxy) is 1. The molecule has 0 bridgehead atoms. The van der Waals surface area contributed by atoms with Gasteiger partial charge in [0.25, 0.3) is 0 Å². The Morgan fingerprint density at radius 2 is 1.77 bits per heavy atom. The average molecular weight is 427 g/mol. The fourth-order valence-electron chi connectivity index (χ4n) is 4.92. The van der Waals surface area contributed by atoms with Crippen LogP contribution in [0.25, 0.3) is 0 Å². The van der Waals surface area contributed by atoms with E-state index < -0.39 is 17.6 Å². The van der Waals surface area contributed by atoms with Gasteiger partial charge in [0, 0.05) is 56.3 Å². The number of carbonyl (C=O) groups is 2. The summed E-state index contributed by atoms with van der Waals surface area (Å²) in [5.74, 6) is -1.54. The van der Waals surface area contributed by atoms with Gasteiger partial charge >= 0.3 is 0 Å². The van der Waals surface area contributed by atoms with Crippen molar-refractivity contribution in [2.24, 2.45) is 11.3 Å². The molecule has 3 fully saturated rings. The minimum absolute atomic E-state index is 0.0240. The summed E-state index contributed by atoms with van der Waals surface area (Å²) in [6.45, 7) is 3.25. The van der Waals surface area contributed by atoms with E-state index in [0.29, 0.717) is 13.1 Å². The Bertz CT molecular complexity index is 1030.